The van der Waals surface area contributed by atoms with Gasteiger partial charge in [-0.15, -0.1) is 0 Å². The Morgan fingerprint density at radius 1 is 1.20 bits per heavy atom. The molecule has 1 aromatic rings. The summed E-state index contributed by atoms with van der Waals surface area (Å²) >= 11 is 0. The van der Waals surface area contributed by atoms with Crippen LogP contribution in [0.15, 0.2) is 12.1 Å². The summed E-state index contributed by atoms with van der Waals surface area (Å²) in [4.78, 5) is 14.2. The molecule has 1 heterocycles. The van der Waals surface area contributed by atoms with Crippen LogP contribution in [0.25, 0.3) is 0 Å². The third-order valence-corrected chi connectivity index (χ3v) is 3.51. The van der Waals surface area contributed by atoms with E-state index in [1.165, 1.54) is 14.2 Å². The van der Waals surface area contributed by atoms with Crippen molar-refractivity contribution >= 4 is 5.91 Å². The molecule has 0 bridgehead atoms. The van der Waals surface area contributed by atoms with Gasteiger partial charge in [0.1, 0.15) is 0 Å². The molecule has 6 heteroatoms. The summed E-state index contributed by atoms with van der Waals surface area (Å²) in [6.07, 6.45) is 0. The molecule has 1 aliphatic rings. The highest BCUT2D eigenvalue weighted by molar-refractivity contribution is 5.98. The largest absolute Gasteiger partial charge is 0.493 e. The van der Waals surface area contributed by atoms with Gasteiger partial charge in [0.25, 0.3) is 5.91 Å². The van der Waals surface area contributed by atoms with Crippen LogP contribution < -0.4 is 19.9 Å². The number of carbonyl (C=O) groups is 1. The summed E-state index contributed by atoms with van der Waals surface area (Å²) in [5.74, 6) is 1.67. The van der Waals surface area contributed by atoms with Crippen molar-refractivity contribution in [2.24, 2.45) is 11.7 Å². The molecule has 1 fully saturated rings. The van der Waals surface area contributed by atoms with Crippen molar-refractivity contribution in [2.45, 2.75) is 0 Å². The van der Waals surface area contributed by atoms with E-state index in [1.807, 2.05) is 0 Å². The molecular formula is C14H20N2O4. The number of amides is 1. The van der Waals surface area contributed by atoms with E-state index in [2.05, 4.69) is 0 Å². The summed E-state index contributed by atoms with van der Waals surface area (Å²) in [7, 11) is 4.57. The van der Waals surface area contributed by atoms with Crippen LogP contribution in [0.3, 0.4) is 0 Å². The Morgan fingerprint density at radius 2 is 1.85 bits per heavy atom. The number of likely N-dealkylation sites (tertiary alicyclic amines) is 1. The van der Waals surface area contributed by atoms with Gasteiger partial charge in [0.2, 0.25) is 5.75 Å². The molecular weight excluding hydrogens is 260 g/mol. The zero-order valence-corrected chi connectivity index (χ0v) is 12.0. The molecule has 1 amide bonds. The second kappa shape index (κ2) is 6.00. The number of benzene rings is 1. The Hall–Kier alpha value is -1.95. The average molecular weight is 280 g/mol. The maximum absolute atomic E-state index is 12.4. The van der Waals surface area contributed by atoms with E-state index in [4.69, 9.17) is 19.9 Å². The second-order valence-electron chi connectivity index (χ2n) is 4.69. The number of rotatable bonds is 5. The lowest BCUT2D eigenvalue weighted by Crippen LogP contribution is -2.52. The standard InChI is InChI=1S/C14H20N2O4/c1-18-11-5-4-10(12(19-2)13(11)20-3)14(17)16-7-9(6-15)8-16/h4-5,9H,6-8,15H2,1-3H3. The first-order valence-electron chi connectivity index (χ1n) is 6.44. The van der Waals surface area contributed by atoms with Crippen molar-refractivity contribution in [3.05, 3.63) is 17.7 Å². The normalized spacial score (nSPS) is 14.7. The van der Waals surface area contributed by atoms with E-state index in [0.717, 1.165) is 0 Å². The highest BCUT2D eigenvalue weighted by atomic mass is 16.5. The summed E-state index contributed by atoms with van der Waals surface area (Å²) < 4.78 is 15.8. The van der Waals surface area contributed by atoms with Crippen molar-refractivity contribution in [1.29, 1.82) is 0 Å². The monoisotopic (exact) mass is 280 g/mol. The third kappa shape index (κ3) is 2.38. The first-order chi connectivity index (χ1) is 9.65. The van der Waals surface area contributed by atoms with Crippen molar-refractivity contribution in [2.75, 3.05) is 41.0 Å². The molecule has 0 spiro atoms. The fourth-order valence-corrected chi connectivity index (χ4v) is 2.32. The number of nitrogens with zero attached hydrogens (tertiary/aromatic N) is 1. The zero-order chi connectivity index (χ0) is 14.7. The molecule has 0 radical (unpaired) electrons. The zero-order valence-electron chi connectivity index (χ0n) is 12.0. The minimum atomic E-state index is -0.0764. The lowest BCUT2D eigenvalue weighted by atomic mass is 9.99. The fraction of sp³-hybridized carbons (Fsp3) is 0.500. The molecule has 1 aliphatic heterocycles. The number of hydrogen-bond acceptors (Lipinski definition) is 5. The fourth-order valence-electron chi connectivity index (χ4n) is 2.32. The first-order valence-corrected chi connectivity index (χ1v) is 6.44. The SMILES string of the molecule is COc1ccc(C(=O)N2CC(CN)C2)c(OC)c1OC. The maximum Gasteiger partial charge on any atom is 0.257 e. The predicted octanol–water partition coefficient (Wildman–Crippen LogP) is 0.743. The third-order valence-electron chi connectivity index (χ3n) is 3.51. The molecule has 20 heavy (non-hydrogen) atoms. The van der Waals surface area contributed by atoms with E-state index in [-0.39, 0.29) is 5.91 Å². The maximum atomic E-state index is 12.4. The smallest absolute Gasteiger partial charge is 0.257 e. The van der Waals surface area contributed by atoms with Crippen LogP contribution >= 0.6 is 0 Å². The van der Waals surface area contributed by atoms with Gasteiger partial charge in [-0.2, -0.15) is 0 Å². The van der Waals surface area contributed by atoms with Gasteiger partial charge in [-0.05, 0) is 18.7 Å². The van der Waals surface area contributed by atoms with Gasteiger partial charge in [0, 0.05) is 19.0 Å². The summed E-state index contributed by atoms with van der Waals surface area (Å²) in [5.41, 5.74) is 6.05. The van der Waals surface area contributed by atoms with Crippen LogP contribution in [-0.2, 0) is 0 Å². The molecule has 0 atom stereocenters. The van der Waals surface area contributed by atoms with Crippen molar-refractivity contribution < 1.29 is 19.0 Å². The van der Waals surface area contributed by atoms with E-state index in [0.29, 0.717) is 48.4 Å². The Balaban J connectivity index is 2.30. The van der Waals surface area contributed by atoms with Crippen LogP contribution in [0.4, 0.5) is 0 Å². The average Bonchev–Trinajstić information content (AvgIpc) is 2.43. The van der Waals surface area contributed by atoms with Crippen LogP contribution in [0.1, 0.15) is 10.4 Å². The molecule has 6 nitrogen and oxygen atoms in total. The number of methoxy groups -OCH3 is 3. The van der Waals surface area contributed by atoms with Gasteiger partial charge in [-0.25, -0.2) is 0 Å². The Bertz CT molecular complexity index is 498. The van der Waals surface area contributed by atoms with Crippen LogP contribution in [0.5, 0.6) is 17.2 Å². The number of ether oxygens (including phenoxy) is 3. The Labute approximate surface area is 118 Å². The molecule has 0 aliphatic carbocycles. The van der Waals surface area contributed by atoms with Crippen molar-refractivity contribution in [1.82, 2.24) is 4.90 Å². The first kappa shape index (κ1) is 14.5. The van der Waals surface area contributed by atoms with Gasteiger partial charge in [-0.1, -0.05) is 0 Å². The molecule has 2 N–H and O–H groups in total. The van der Waals surface area contributed by atoms with Gasteiger partial charge in [-0.3, -0.25) is 4.79 Å². The molecule has 1 saturated heterocycles. The molecule has 0 saturated carbocycles. The Kier molecular flexibility index (Phi) is 4.34. The summed E-state index contributed by atoms with van der Waals surface area (Å²) in [6, 6.07) is 3.40. The van der Waals surface area contributed by atoms with Gasteiger partial charge in [0.15, 0.2) is 11.5 Å². The minimum absolute atomic E-state index is 0.0764. The van der Waals surface area contributed by atoms with Crippen molar-refractivity contribution in [3.8, 4) is 17.2 Å². The Morgan fingerprint density at radius 3 is 2.35 bits per heavy atom. The second-order valence-corrected chi connectivity index (χ2v) is 4.69. The van der Waals surface area contributed by atoms with E-state index in [1.54, 1.807) is 24.1 Å². The van der Waals surface area contributed by atoms with E-state index in [9.17, 15) is 4.79 Å². The molecule has 0 aromatic heterocycles. The highest BCUT2D eigenvalue weighted by Gasteiger charge is 2.32. The van der Waals surface area contributed by atoms with Gasteiger partial charge in [0.05, 0.1) is 26.9 Å². The van der Waals surface area contributed by atoms with E-state index < -0.39 is 0 Å². The number of carbonyl (C=O) groups excluding carboxylic acids is 1. The quantitative estimate of drug-likeness (QED) is 0.861. The highest BCUT2D eigenvalue weighted by Crippen LogP contribution is 2.40. The van der Waals surface area contributed by atoms with Crippen LogP contribution in [0, 0.1) is 5.92 Å². The van der Waals surface area contributed by atoms with Gasteiger partial charge >= 0.3 is 0 Å². The minimum Gasteiger partial charge on any atom is -0.493 e. The lowest BCUT2D eigenvalue weighted by molar-refractivity contribution is 0.0511. The molecule has 110 valence electrons. The summed E-state index contributed by atoms with van der Waals surface area (Å²) in [6.45, 7) is 1.98. The molecule has 1 aromatic carbocycles. The van der Waals surface area contributed by atoms with Gasteiger partial charge < -0.3 is 24.8 Å². The molecule has 2 rings (SSSR count). The van der Waals surface area contributed by atoms with Crippen molar-refractivity contribution in [3.63, 3.8) is 0 Å². The number of hydrogen-bond donors (Lipinski definition) is 1. The lowest BCUT2D eigenvalue weighted by Gasteiger charge is -2.38. The van der Waals surface area contributed by atoms with Crippen LogP contribution in [0.2, 0.25) is 0 Å². The molecule has 0 unspecified atom stereocenters. The predicted molar refractivity (Wildman–Crippen MR) is 74.5 cm³/mol. The summed E-state index contributed by atoms with van der Waals surface area (Å²) in [5, 5.41) is 0. The topological polar surface area (TPSA) is 74.0 Å². The number of nitrogens with two attached hydrogens (primary N) is 1. The van der Waals surface area contributed by atoms with Crippen LogP contribution in [-0.4, -0.2) is 51.8 Å². The van der Waals surface area contributed by atoms with E-state index >= 15 is 0 Å².